The van der Waals surface area contributed by atoms with Crippen molar-refractivity contribution in [2.45, 2.75) is 25.9 Å². The molecule has 0 aliphatic heterocycles. The first-order valence-electron chi connectivity index (χ1n) is 8.69. The lowest BCUT2D eigenvalue weighted by atomic mass is 10.1. The monoisotopic (exact) mass is 396 g/mol. The third-order valence-corrected chi connectivity index (χ3v) is 4.12. The van der Waals surface area contributed by atoms with Crippen LogP contribution in [0.3, 0.4) is 0 Å². The molecule has 0 aromatic heterocycles. The zero-order valence-corrected chi connectivity index (χ0v) is 15.2. The number of para-hydroxylation sites is 1. The van der Waals surface area contributed by atoms with Gasteiger partial charge in [-0.25, -0.2) is 4.39 Å². The molecule has 0 fully saturated rings. The van der Waals surface area contributed by atoms with Gasteiger partial charge >= 0.3 is 6.18 Å². The molecule has 4 nitrogen and oxygen atoms in total. The Morgan fingerprint density at radius 2 is 1.68 bits per heavy atom. The average molecular weight is 396 g/mol. The summed E-state index contributed by atoms with van der Waals surface area (Å²) in [5, 5.41) is 2.22. The average Bonchev–Trinajstić information content (AvgIpc) is 2.65. The second-order valence-electron chi connectivity index (χ2n) is 6.13. The van der Waals surface area contributed by atoms with Crippen LogP contribution in [0.5, 0.6) is 0 Å². The van der Waals surface area contributed by atoms with Crippen LogP contribution in [0.2, 0.25) is 0 Å². The fraction of sp³-hybridized carbons (Fsp3) is 0.300. The zero-order chi connectivity index (χ0) is 20.7. The normalized spacial score (nSPS) is 11.2. The zero-order valence-electron chi connectivity index (χ0n) is 15.2. The highest BCUT2D eigenvalue weighted by Gasteiger charge is 2.33. The predicted molar refractivity (Wildman–Crippen MR) is 97.0 cm³/mol. The lowest BCUT2D eigenvalue weighted by Crippen LogP contribution is -2.38. The highest BCUT2D eigenvalue weighted by molar-refractivity contribution is 5.95. The number of anilines is 1. The van der Waals surface area contributed by atoms with E-state index in [1.54, 1.807) is 19.1 Å². The molecule has 0 atom stereocenters. The van der Waals surface area contributed by atoms with Crippen molar-refractivity contribution in [3.63, 3.8) is 0 Å². The van der Waals surface area contributed by atoms with Crippen LogP contribution in [0, 0.1) is 5.82 Å². The summed E-state index contributed by atoms with van der Waals surface area (Å²) in [6, 6.07) is 10.4. The topological polar surface area (TPSA) is 49.4 Å². The lowest BCUT2D eigenvalue weighted by molar-refractivity contribution is -0.137. The van der Waals surface area contributed by atoms with Gasteiger partial charge in [0.2, 0.25) is 11.8 Å². The number of halogens is 4. The molecule has 0 saturated heterocycles. The summed E-state index contributed by atoms with van der Waals surface area (Å²) in [6.07, 6.45) is -4.13. The maximum absolute atomic E-state index is 13.0. The lowest BCUT2D eigenvalue weighted by Gasteiger charge is -2.21. The van der Waals surface area contributed by atoms with Gasteiger partial charge in [0.15, 0.2) is 0 Å². The maximum Gasteiger partial charge on any atom is 0.418 e. The molecule has 2 amide bonds. The van der Waals surface area contributed by atoms with Gasteiger partial charge in [-0.2, -0.15) is 13.2 Å². The first-order chi connectivity index (χ1) is 13.2. The number of hydrogen-bond donors (Lipinski definition) is 1. The second-order valence-corrected chi connectivity index (χ2v) is 6.13. The molecule has 0 bridgehead atoms. The summed E-state index contributed by atoms with van der Waals surface area (Å²) in [5.74, 6) is -1.40. The van der Waals surface area contributed by atoms with E-state index < -0.39 is 17.6 Å². The maximum atomic E-state index is 13.0. The second kappa shape index (κ2) is 9.34. The summed E-state index contributed by atoms with van der Waals surface area (Å²) >= 11 is 0. The highest BCUT2D eigenvalue weighted by Crippen LogP contribution is 2.34. The Morgan fingerprint density at radius 3 is 2.29 bits per heavy atom. The minimum atomic E-state index is -4.60. The fourth-order valence-electron chi connectivity index (χ4n) is 2.64. The summed E-state index contributed by atoms with van der Waals surface area (Å²) in [6.45, 7) is 1.55. The Bertz CT molecular complexity index is 820. The Morgan fingerprint density at radius 1 is 1.04 bits per heavy atom. The molecule has 0 aliphatic rings. The Kier molecular flexibility index (Phi) is 7.14. The van der Waals surface area contributed by atoms with Gasteiger partial charge in [-0.05, 0) is 43.2 Å². The van der Waals surface area contributed by atoms with Crippen LogP contribution in [0.25, 0.3) is 0 Å². The number of carbonyl (C=O) groups excluding carboxylic acids is 2. The molecule has 2 aromatic carbocycles. The summed E-state index contributed by atoms with van der Waals surface area (Å²) in [5.41, 5.74) is -0.529. The van der Waals surface area contributed by atoms with Gasteiger partial charge in [-0.3, -0.25) is 9.59 Å². The predicted octanol–water partition coefficient (Wildman–Crippen LogP) is 4.26. The molecule has 0 heterocycles. The molecule has 8 heteroatoms. The molecule has 1 N–H and O–H groups in total. The van der Waals surface area contributed by atoms with Gasteiger partial charge in [0.05, 0.1) is 17.8 Å². The van der Waals surface area contributed by atoms with E-state index in [4.69, 9.17) is 0 Å². The largest absolute Gasteiger partial charge is 0.418 e. The molecular formula is C20H20F4N2O2. The molecule has 150 valence electrons. The van der Waals surface area contributed by atoms with Gasteiger partial charge < -0.3 is 10.2 Å². The van der Waals surface area contributed by atoms with Gasteiger partial charge in [-0.15, -0.1) is 0 Å². The quantitative estimate of drug-likeness (QED) is 0.711. The number of rotatable bonds is 7. The van der Waals surface area contributed by atoms with Crippen molar-refractivity contribution < 1.29 is 27.2 Å². The Hall–Kier alpha value is -2.90. The minimum absolute atomic E-state index is 0.103. The molecule has 2 aromatic rings. The number of alkyl halides is 3. The molecule has 0 saturated carbocycles. The van der Waals surface area contributed by atoms with Gasteiger partial charge in [0, 0.05) is 13.0 Å². The standard InChI is InChI=1S/C20H20F4N2O2/c1-2-26(19(28)12-9-14-7-10-15(21)11-8-14)13-18(27)25-17-6-4-3-5-16(17)20(22,23)24/h3-8,10-11H,2,9,12-13H2,1H3,(H,25,27). The van der Waals surface area contributed by atoms with Crippen molar-refractivity contribution in [1.82, 2.24) is 4.90 Å². The van der Waals surface area contributed by atoms with Crippen LogP contribution < -0.4 is 5.32 Å². The number of benzene rings is 2. The van der Waals surface area contributed by atoms with Gasteiger partial charge in [0.25, 0.3) is 0 Å². The van der Waals surface area contributed by atoms with E-state index in [1.165, 1.54) is 29.2 Å². The first-order valence-corrected chi connectivity index (χ1v) is 8.69. The number of carbonyl (C=O) groups is 2. The number of amides is 2. The van der Waals surface area contributed by atoms with Gasteiger partial charge in [-0.1, -0.05) is 24.3 Å². The molecular weight excluding hydrogens is 376 g/mol. The van der Waals surface area contributed by atoms with E-state index in [0.717, 1.165) is 17.7 Å². The van der Waals surface area contributed by atoms with Gasteiger partial charge in [0.1, 0.15) is 5.82 Å². The first kappa shape index (κ1) is 21.4. The Labute approximate surface area is 160 Å². The van der Waals surface area contributed by atoms with Crippen LogP contribution in [-0.4, -0.2) is 29.8 Å². The number of hydrogen-bond acceptors (Lipinski definition) is 2. The van der Waals surface area contributed by atoms with Crippen LogP contribution in [0.15, 0.2) is 48.5 Å². The van der Waals surface area contributed by atoms with Crippen molar-refractivity contribution in [2.24, 2.45) is 0 Å². The number of likely N-dealkylation sites (N-methyl/N-ethyl adjacent to an activating group) is 1. The van der Waals surface area contributed by atoms with Crippen molar-refractivity contribution in [1.29, 1.82) is 0 Å². The highest BCUT2D eigenvalue weighted by atomic mass is 19.4. The molecule has 0 radical (unpaired) electrons. The van der Waals surface area contributed by atoms with E-state index in [0.29, 0.717) is 6.42 Å². The third-order valence-electron chi connectivity index (χ3n) is 4.12. The van der Waals surface area contributed by atoms with Crippen LogP contribution in [-0.2, 0) is 22.2 Å². The molecule has 0 unspecified atom stereocenters. The summed E-state index contributed by atoms with van der Waals surface area (Å²) in [7, 11) is 0. The number of nitrogens with one attached hydrogen (secondary N) is 1. The third kappa shape index (κ3) is 6.07. The minimum Gasteiger partial charge on any atom is -0.334 e. The SMILES string of the molecule is CCN(CC(=O)Nc1ccccc1C(F)(F)F)C(=O)CCc1ccc(F)cc1. The van der Waals surface area contributed by atoms with E-state index in [2.05, 4.69) is 5.32 Å². The number of aryl methyl sites for hydroxylation is 1. The fourth-order valence-corrected chi connectivity index (χ4v) is 2.64. The van der Waals surface area contributed by atoms with Crippen molar-refractivity contribution in [2.75, 3.05) is 18.4 Å². The van der Waals surface area contributed by atoms with Crippen molar-refractivity contribution in [3.05, 3.63) is 65.5 Å². The van der Waals surface area contributed by atoms with E-state index in [1.807, 2.05) is 0 Å². The van der Waals surface area contributed by atoms with Crippen LogP contribution >= 0.6 is 0 Å². The smallest absolute Gasteiger partial charge is 0.334 e. The molecule has 0 spiro atoms. The van der Waals surface area contributed by atoms with E-state index in [-0.39, 0.29) is 36.9 Å². The van der Waals surface area contributed by atoms with Crippen LogP contribution in [0.1, 0.15) is 24.5 Å². The Balaban J connectivity index is 1.95. The molecule has 2 rings (SSSR count). The summed E-state index contributed by atoms with van der Waals surface area (Å²) in [4.78, 5) is 25.7. The summed E-state index contributed by atoms with van der Waals surface area (Å²) < 4.78 is 51.9. The van der Waals surface area contributed by atoms with Crippen molar-refractivity contribution in [3.8, 4) is 0 Å². The molecule has 0 aliphatic carbocycles. The number of nitrogens with zero attached hydrogens (tertiary/aromatic N) is 1. The van der Waals surface area contributed by atoms with E-state index in [9.17, 15) is 27.2 Å². The molecule has 28 heavy (non-hydrogen) atoms. The van der Waals surface area contributed by atoms with E-state index >= 15 is 0 Å². The van der Waals surface area contributed by atoms with Crippen molar-refractivity contribution >= 4 is 17.5 Å². The van der Waals surface area contributed by atoms with Crippen LogP contribution in [0.4, 0.5) is 23.2 Å².